The molecule has 0 spiro atoms. The first-order valence-electron chi connectivity index (χ1n) is 6.23. The minimum absolute atomic E-state index is 0.486. The number of rotatable bonds is 5. The third-order valence-corrected chi connectivity index (χ3v) is 4.39. The zero-order chi connectivity index (χ0) is 10.7. The second-order valence-corrected chi connectivity index (χ2v) is 5.43. The minimum atomic E-state index is 0.486. The van der Waals surface area contributed by atoms with E-state index in [9.17, 15) is 0 Å². The molecule has 2 aliphatic rings. The Morgan fingerprint density at radius 1 is 1.47 bits per heavy atom. The number of piperidine rings is 1. The third kappa shape index (κ3) is 3.11. The molecule has 0 amide bonds. The number of thiol groups is 1. The molecular weight excluding hydrogens is 206 g/mol. The number of nitrogens with zero attached hydrogens (tertiary/aromatic N) is 1. The molecule has 1 saturated heterocycles. The molecule has 1 atom stereocenters. The summed E-state index contributed by atoms with van der Waals surface area (Å²) in [5, 5.41) is 0. The summed E-state index contributed by atoms with van der Waals surface area (Å²) >= 11 is 4.47. The molecule has 0 aromatic carbocycles. The zero-order valence-electron chi connectivity index (χ0n) is 9.74. The van der Waals surface area contributed by atoms with Crippen molar-refractivity contribution in [3.8, 4) is 0 Å². The van der Waals surface area contributed by atoms with E-state index in [1.807, 2.05) is 0 Å². The lowest BCUT2D eigenvalue weighted by Gasteiger charge is -2.34. The summed E-state index contributed by atoms with van der Waals surface area (Å²) in [6, 6.07) is 0. The van der Waals surface area contributed by atoms with Gasteiger partial charge in [-0.05, 0) is 50.3 Å². The van der Waals surface area contributed by atoms with Gasteiger partial charge in [-0.15, -0.1) is 0 Å². The second-order valence-electron chi connectivity index (χ2n) is 5.11. The Hall–Kier alpha value is 0.270. The van der Waals surface area contributed by atoms with Crippen LogP contribution in [0.5, 0.6) is 0 Å². The van der Waals surface area contributed by atoms with Gasteiger partial charge in [0.1, 0.15) is 0 Å². The van der Waals surface area contributed by atoms with Crippen LogP contribution in [0.2, 0.25) is 0 Å². The summed E-state index contributed by atoms with van der Waals surface area (Å²) in [5.41, 5.74) is 0.567. The van der Waals surface area contributed by atoms with Crippen molar-refractivity contribution in [3.63, 3.8) is 0 Å². The van der Waals surface area contributed by atoms with Crippen LogP contribution in [0.15, 0.2) is 0 Å². The fourth-order valence-corrected chi connectivity index (χ4v) is 2.96. The third-order valence-electron chi connectivity index (χ3n) is 3.72. The van der Waals surface area contributed by atoms with Crippen LogP contribution >= 0.6 is 12.6 Å². The van der Waals surface area contributed by atoms with Gasteiger partial charge in [-0.3, -0.25) is 0 Å². The first-order valence-corrected chi connectivity index (χ1v) is 6.86. The van der Waals surface area contributed by atoms with Gasteiger partial charge in [-0.1, -0.05) is 0 Å². The lowest BCUT2D eigenvalue weighted by Crippen LogP contribution is -2.42. The van der Waals surface area contributed by atoms with E-state index in [0.29, 0.717) is 11.5 Å². The van der Waals surface area contributed by atoms with Gasteiger partial charge < -0.3 is 9.64 Å². The van der Waals surface area contributed by atoms with E-state index in [0.717, 1.165) is 18.9 Å². The Bertz CT molecular complexity index is 204. The van der Waals surface area contributed by atoms with Crippen molar-refractivity contribution in [2.24, 2.45) is 5.41 Å². The molecule has 2 nitrogen and oxygen atoms in total. The number of hydrogen-bond donors (Lipinski definition) is 1. The summed E-state index contributed by atoms with van der Waals surface area (Å²) < 4.78 is 5.72. The van der Waals surface area contributed by atoms with Crippen molar-refractivity contribution >= 4 is 12.6 Å². The van der Waals surface area contributed by atoms with Crippen LogP contribution < -0.4 is 0 Å². The molecule has 0 bridgehead atoms. The molecule has 0 radical (unpaired) electrons. The van der Waals surface area contributed by atoms with Crippen molar-refractivity contribution in [3.05, 3.63) is 0 Å². The Balaban J connectivity index is 1.77. The molecule has 0 aromatic heterocycles. The molecule has 0 N–H and O–H groups in total. The predicted molar refractivity (Wildman–Crippen MR) is 66.6 cm³/mol. The van der Waals surface area contributed by atoms with Crippen molar-refractivity contribution in [2.45, 2.75) is 38.7 Å². The highest BCUT2D eigenvalue weighted by Gasteiger charge is 2.43. The van der Waals surface area contributed by atoms with Crippen LogP contribution in [0, 0.1) is 5.41 Å². The molecule has 15 heavy (non-hydrogen) atoms. The largest absolute Gasteiger partial charge is 0.377 e. The number of hydrogen-bond acceptors (Lipinski definition) is 3. The first kappa shape index (κ1) is 11.7. The molecular formula is C12H23NOS. The van der Waals surface area contributed by atoms with Gasteiger partial charge in [0, 0.05) is 19.7 Å². The lowest BCUT2D eigenvalue weighted by molar-refractivity contribution is 0.00152. The van der Waals surface area contributed by atoms with Crippen LogP contribution in [0.1, 0.15) is 32.6 Å². The van der Waals surface area contributed by atoms with E-state index in [2.05, 4.69) is 24.5 Å². The Labute approximate surface area is 98.8 Å². The van der Waals surface area contributed by atoms with E-state index in [4.69, 9.17) is 4.74 Å². The standard InChI is InChI=1S/C12H23NOS/c1-2-14-11-4-3-7-13(8-11)9-12(10-15)5-6-12/h11,15H,2-10H2,1H3. The van der Waals surface area contributed by atoms with Crippen molar-refractivity contribution in [2.75, 3.05) is 32.0 Å². The highest BCUT2D eigenvalue weighted by atomic mass is 32.1. The quantitative estimate of drug-likeness (QED) is 0.726. The van der Waals surface area contributed by atoms with Crippen LogP contribution in [-0.2, 0) is 4.74 Å². The zero-order valence-corrected chi connectivity index (χ0v) is 10.6. The molecule has 2 fully saturated rings. The molecule has 88 valence electrons. The average Bonchev–Trinajstić information content (AvgIpc) is 3.00. The second kappa shape index (κ2) is 5.07. The van der Waals surface area contributed by atoms with Crippen LogP contribution in [0.4, 0.5) is 0 Å². The van der Waals surface area contributed by atoms with Crippen molar-refractivity contribution in [1.29, 1.82) is 0 Å². The van der Waals surface area contributed by atoms with Gasteiger partial charge in [0.15, 0.2) is 0 Å². The van der Waals surface area contributed by atoms with Crippen molar-refractivity contribution in [1.82, 2.24) is 4.90 Å². The fourth-order valence-electron chi connectivity index (χ4n) is 2.55. The highest BCUT2D eigenvalue weighted by Crippen LogP contribution is 2.47. The highest BCUT2D eigenvalue weighted by molar-refractivity contribution is 7.80. The molecule has 1 saturated carbocycles. The molecule has 0 aromatic rings. The van der Waals surface area contributed by atoms with Gasteiger partial charge >= 0.3 is 0 Å². The van der Waals surface area contributed by atoms with Crippen LogP contribution in [0.25, 0.3) is 0 Å². The molecule has 3 heteroatoms. The molecule has 2 rings (SSSR count). The van der Waals surface area contributed by atoms with E-state index in [1.165, 1.54) is 38.8 Å². The van der Waals surface area contributed by atoms with Crippen LogP contribution in [0.3, 0.4) is 0 Å². The molecule has 1 heterocycles. The SMILES string of the molecule is CCOC1CCCN(CC2(CS)CC2)C1. The maximum absolute atomic E-state index is 5.72. The Morgan fingerprint density at radius 2 is 2.27 bits per heavy atom. The van der Waals surface area contributed by atoms with Gasteiger partial charge in [-0.2, -0.15) is 12.6 Å². The summed E-state index contributed by atoms with van der Waals surface area (Å²) in [5.74, 6) is 1.06. The first-order chi connectivity index (χ1) is 7.28. The fraction of sp³-hybridized carbons (Fsp3) is 1.00. The van der Waals surface area contributed by atoms with E-state index >= 15 is 0 Å². The smallest absolute Gasteiger partial charge is 0.0702 e. The normalized spacial score (nSPS) is 30.4. The number of likely N-dealkylation sites (tertiary alicyclic amines) is 1. The number of ether oxygens (including phenoxy) is 1. The molecule has 1 unspecified atom stereocenters. The van der Waals surface area contributed by atoms with Crippen LogP contribution in [-0.4, -0.2) is 43.0 Å². The maximum Gasteiger partial charge on any atom is 0.0702 e. The van der Waals surface area contributed by atoms with Crippen molar-refractivity contribution < 1.29 is 4.74 Å². The minimum Gasteiger partial charge on any atom is -0.377 e. The van der Waals surface area contributed by atoms with E-state index in [-0.39, 0.29) is 0 Å². The maximum atomic E-state index is 5.72. The average molecular weight is 229 g/mol. The summed E-state index contributed by atoms with van der Waals surface area (Å²) in [6.45, 7) is 6.60. The summed E-state index contributed by atoms with van der Waals surface area (Å²) in [4.78, 5) is 2.59. The topological polar surface area (TPSA) is 12.5 Å². The molecule has 1 aliphatic heterocycles. The molecule has 1 aliphatic carbocycles. The van der Waals surface area contributed by atoms with Gasteiger partial charge in [0.25, 0.3) is 0 Å². The Morgan fingerprint density at radius 3 is 2.87 bits per heavy atom. The lowest BCUT2D eigenvalue weighted by atomic mass is 10.0. The van der Waals surface area contributed by atoms with Gasteiger partial charge in [0.2, 0.25) is 0 Å². The van der Waals surface area contributed by atoms with E-state index in [1.54, 1.807) is 0 Å². The predicted octanol–water partition coefficient (Wildman–Crippen LogP) is 2.20. The van der Waals surface area contributed by atoms with Gasteiger partial charge in [-0.25, -0.2) is 0 Å². The summed E-state index contributed by atoms with van der Waals surface area (Å²) in [6.07, 6.45) is 5.80. The monoisotopic (exact) mass is 229 g/mol. The van der Waals surface area contributed by atoms with Gasteiger partial charge in [0.05, 0.1) is 6.10 Å². The Kier molecular flexibility index (Phi) is 3.97. The summed E-state index contributed by atoms with van der Waals surface area (Å²) in [7, 11) is 0. The van der Waals surface area contributed by atoms with E-state index < -0.39 is 0 Å².